The van der Waals surface area contributed by atoms with Crippen molar-refractivity contribution in [2.45, 2.75) is 19.4 Å². The zero-order valence-electron chi connectivity index (χ0n) is 14.2. The third kappa shape index (κ3) is 3.01. The number of hydrogen-bond acceptors (Lipinski definition) is 4. The lowest BCUT2D eigenvalue weighted by Gasteiger charge is -2.22. The number of amides is 1. The molecule has 2 heterocycles. The van der Waals surface area contributed by atoms with Crippen molar-refractivity contribution in [2.75, 3.05) is 10.2 Å². The minimum absolute atomic E-state index is 0.0821. The molecule has 0 radical (unpaired) electrons. The molecule has 0 bridgehead atoms. The number of carbonyl (C=O) groups excluding carboxylic acids is 1. The van der Waals surface area contributed by atoms with Gasteiger partial charge in [0.1, 0.15) is 5.82 Å². The number of anilines is 3. The van der Waals surface area contributed by atoms with Gasteiger partial charge in [-0.25, -0.2) is 4.39 Å². The van der Waals surface area contributed by atoms with Crippen LogP contribution >= 0.6 is 0 Å². The van der Waals surface area contributed by atoms with Crippen molar-refractivity contribution in [3.63, 3.8) is 0 Å². The van der Waals surface area contributed by atoms with E-state index in [1.807, 2.05) is 31.2 Å². The zero-order chi connectivity index (χ0) is 18.1. The number of nitrogens with zero attached hydrogens (tertiary/aromatic N) is 3. The molecule has 5 nitrogen and oxygen atoms in total. The van der Waals surface area contributed by atoms with E-state index in [0.29, 0.717) is 17.2 Å². The topological polar surface area (TPSA) is 58.1 Å². The smallest absolute Gasteiger partial charge is 0.279 e. The molecule has 0 spiro atoms. The zero-order valence-corrected chi connectivity index (χ0v) is 14.2. The maximum atomic E-state index is 13.0. The van der Waals surface area contributed by atoms with Crippen LogP contribution in [0.25, 0.3) is 0 Å². The summed E-state index contributed by atoms with van der Waals surface area (Å²) in [5, 5.41) is 11.2. The van der Waals surface area contributed by atoms with E-state index in [9.17, 15) is 9.18 Å². The molecule has 4 rings (SSSR count). The molecule has 26 heavy (non-hydrogen) atoms. The van der Waals surface area contributed by atoms with E-state index in [-0.39, 0.29) is 17.8 Å². The van der Waals surface area contributed by atoms with E-state index < -0.39 is 0 Å². The van der Waals surface area contributed by atoms with E-state index in [1.54, 1.807) is 29.2 Å². The standard InChI is InChI=1S/C20H17FN4O/c1-13-12-14-4-2-3-5-18(14)25(13)20(26)17-10-11-19(24-23-17)22-16-8-6-15(21)7-9-16/h2-11,13H,12H2,1H3,(H,22,24). The lowest BCUT2D eigenvalue weighted by atomic mass is 10.1. The van der Waals surface area contributed by atoms with E-state index in [4.69, 9.17) is 0 Å². The van der Waals surface area contributed by atoms with Crippen molar-refractivity contribution in [3.05, 3.63) is 77.7 Å². The Bertz CT molecular complexity index is 941. The van der Waals surface area contributed by atoms with Crippen molar-refractivity contribution in [2.24, 2.45) is 0 Å². The third-order valence-electron chi connectivity index (χ3n) is 4.43. The van der Waals surface area contributed by atoms with Crippen LogP contribution in [-0.2, 0) is 6.42 Å². The van der Waals surface area contributed by atoms with Gasteiger partial charge in [-0.3, -0.25) is 4.79 Å². The molecular formula is C20H17FN4O. The predicted octanol–water partition coefficient (Wildman–Crippen LogP) is 3.95. The summed E-state index contributed by atoms with van der Waals surface area (Å²) < 4.78 is 13.0. The normalized spacial score (nSPS) is 15.6. The Hall–Kier alpha value is -3.28. The molecule has 1 aromatic heterocycles. The van der Waals surface area contributed by atoms with Crippen LogP contribution in [0, 0.1) is 5.82 Å². The van der Waals surface area contributed by atoms with Gasteiger partial charge in [-0.15, -0.1) is 10.2 Å². The van der Waals surface area contributed by atoms with Gasteiger partial charge in [0, 0.05) is 17.4 Å². The molecule has 0 aliphatic carbocycles. The van der Waals surface area contributed by atoms with Gasteiger partial charge in [-0.05, 0) is 61.4 Å². The second kappa shape index (κ2) is 6.55. The molecule has 130 valence electrons. The lowest BCUT2D eigenvalue weighted by Crippen LogP contribution is -2.36. The van der Waals surface area contributed by atoms with Crippen molar-refractivity contribution in [1.29, 1.82) is 0 Å². The van der Waals surface area contributed by atoms with Crippen LogP contribution in [0.2, 0.25) is 0 Å². The molecule has 1 atom stereocenters. The summed E-state index contributed by atoms with van der Waals surface area (Å²) in [4.78, 5) is 14.7. The van der Waals surface area contributed by atoms with Crippen LogP contribution in [0.4, 0.5) is 21.6 Å². The highest BCUT2D eigenvalue weighted by Crippen LogP contribution is 2.32. The number of fused-ring (bicyclic) bond motifs is 1. The fraction of sp³-hybridized carbons (Fsp3) is 0.150. The number of carbonyl (C=O) groups is 1. The number of rotatable bonds is 3. The first-order chi connectivity index (χ1) is 12.6. The van der Waals surface area contributed by atoms with E-state index in [1.165, 1.54) is 12.1 Å². The Morgan fingerprint density at radius 2 is 1.85 bits per heavy atom. The average molecular weight is 348 g/mol. The monoisotopic (exact) mass is 348 g/mol. The molecule has 0 fully saturated rings. The molecule has 1 N–H and O–H groups in total. The van der Waals surface area contributed by atoms with Gasteiger partial charge in [0.15, 0.2) is 11.5 Å². The van der Waals surface area contributed by atoms with Gasteiger partial charge in [0.2, 0.25) is 0 Å². The average Bonchev–Trinajstić information content (AvgIpc) is 2.99. The molecule has 6 heteroatoms. The summed E-state index contributed by atoms with van der Waals surface area (Å²) in [6, 6.07) is 17.3. The second-order valence-electron chi connectivity index (χ2n) is 6.29. The molecule has 0 saturated carbocycles. The summed E-state index contributed by atoms with van der Waals surface area (Å²) in [6.45, 7) is 2.02. The van der Waals surface area contributed by atoms with Crippen LogP contribution in [0.5, 0.6) is 0 Å². The second-order valence-corrected chi connectivity index (χ2v) is 6.29. The molecule has 1 unspecified atom stereocenters. The van der Waals surface area contributed by atoms with Crippen molar-refractivity contribution in [1.82, 2.24) is 10.2 Å². The van der Waals surface area contributed by atoms with Gasteiger partial charge < -0.3 is 10.2 Å². The Kier molecular flexibility index (Phi) is 4.08. The molecule has 1 aliphatic rings. The van der Waals surface area contributed by atoms with Crippen molar-refractivity contribution >= 4 is 23.1 Å². The number of aromatic nitrogens is 2. The Labute approximate surface area is 150 Å². The van der Waals surface area contributed by atoms with Crippen LogP contribution < -0.4 is 10.2 Å². The molecule has 2 aromatic carbocycles. The highest BCUT2D eigenvalue weighted by atomic mass is 19.1. The minimum atomic E-state index is -0.303. The molecule has 1 aliphatic heterocycles. The quantitative estimate of drug-likeness (QED) is 0.779. The molecular weight excluding hydrogens is 331 g/mol. The largest absolute Gasteiger partial charge is 0.339 e. The first kappa shape index (κ1) is 16.2. The summed E-state index contributed by atoms with van der Waals surface area (Å²) in [5.74, 6) is 0.0221. The molecule has 0 saturated heterocycles. The highest BCUT2D eigenvalue weighted by molar-refractivity contribution is 6.06. The van der Waals surface area contributed by atoms with Gasteiger partial charge in [-0.2, -0.15) is 0 Å². The van der Waals surface area contributed by atoms with Gasteiger partial charge in [-0.1, -0.05) is 18.2 Å². The van der Waals surface area contributed by atoms with E-state index in [2.05, 4.69) is 15.5 Å². The van der Waals surface area contributed by atoms with Gasteiger partial charge in [0.05, 0.1) is 0 Å². The third-order valence-corrected chi connectivity index (χ3v) is 4.43. The summed E-state index contributed by atoms with van der Waals surface area (Å²) >= 11 is 0. The van der Waals surface area contributed by atoms with Crippen LogP contribution in [0.15, 0.2) is 60.7 Å². The highest BCUT2D eigenvalue weighted by Gasteiger charge is 2.31. The van der Waals surface area contributed by atoms with Gasteiger partial charge >= 0.3 is 0 Å². The van der Waals surface area contributed by atoms with E-state index in [0.717, 1.165) is 17.7 Å². The van der Waals surface area contributed by atoms with Crippen LogP contribution in [0.1, 0.15) is 23.0 Å². The first-order valence-corrected chi connectivity index (χ1v) is 8.39. The number of nitrogens with one attached hydrogen (secondary N) is 1. The number of benzene rings is 2. The minimum Gasteiger partial charge on any atom is -0.339 e. The molecule has 3 aromatic rings. The Morgan fingerprint density at radius 1 is 1.08 bits per heavy atom. The first-order valence-electron chi connectivity index (χ1n) is 8.39. The number of para-hydroxylation sites is 1. The van der Waals surface area contributed by atoms with Crippen molar-refractivity contribution < 1.29 is 9.18 Å². The Morgan fingerprint density at radius 3 is 2.58 bits per heavy atom. The molecule has 1 amide bonds. The predicted molar refractivity (Wildman–Crippen MR) is 98.1 cm³/mol. The van der Waals surface area contributed by atoms with Crippen molar-refractivity contribution in [3.8, 4) is 0 Å². The lowest BCUT2D eigenvalue weighted by molar-refractivity contribution is 0.0975. The number of hydrogen-bond donors (Lipinski definition) is 1. The fourth-order valence-electron chi connectivity index (χ4n) is 3.19. The summed E-state index contributed by atoms with van der Waals surface area (Å²) in [7, 11) is 0. The summed E-state index contributed by atoms with van der Waals surface area (Å²) in [5.41, 5.74) is 3.08. The maximum absolute atomic E-state index is 13.0. The Balaban J connectivity index is 1.53. The van der Waals surface area contributed by atoms with Crippen LogP contribution in [0.3, 0.4) is 0 Å². The van der Waals surface area contributed by atoms with Gasteiger partial charge in [0.25, 0.3) is 5.91 Å². The van der Waals surface area contributed by atoms with Crippen LogP contribution in [-0.4, -0.2) is 22.1 Å². The maximum Gasteiger partial charge on any atom is 0.279 e. The SMILES string of the molecule is CC1Cc2ccccc2N1C(=O)c1ccc(Nc2ccc(F)cc2)nn1. The van der Waals surface area contributed by atoms with E-state index >= 15 is 0 Å². The number of halogens is 1. The fourth-order valence-corrected chi connectivity index (χ4v) is 3.19. The summed E-state index contributed by atoms with van der Waals surface area (Å²) in [6.07, 6.45) is 0.833.